The van der Waals surface area contributed by atoms with E-state index >= 15 is 0 Å². The standard InChI is InChI=1S/CH2O.2H2O3S/c1-2;2*1-4(2)3/h1H2;2*(H2,1,2,3). The van der Waals surface area contributed by atoms with E-state index in [2.05, 4.69) is 0 Å². The SMILES string of the molecule is C=O.O=S(O)O.O=S(O)O. The van der Waals surface area contributed by atoms with Crippen LogP contribution in [0.5, 0.6) is 0 Å². The zero-order chi connectivity index (χ0) is 9.15. The molecule has 0 fully saturated rings. The largest absolute Gasteiger partial charge is 0.307 e. The fourth-order valence-electron chi connectivity index (χ4n) is 0. The van der Waals surface area contributed by atoms with Crippen LogP contribution < -0.4 is 0 Å². The van der Waals surface area contributed by atoms with Crippen molar-refractivity contribution in [1.29, 1.82) is 0 Å². The minimum absolute atomic E-state index is 2.00. The summed E-state index contributed by atoms with van der Waals surface area (Å²) in [5, 5.41) is 0. The minimum atomic E-state index is -2.61. The average Bonchev–Trinajstić information content (AvgIpc) is 1.66. The van der Waals surface area contributed by atoms with Crippen LogP contribution in [-0.2, 0) is 27.5 Å². The Hall–Kier alpha value is -0.190. The van der Waals surface area contributed by atoms with Gasteiger partial charge in [0.05, 0.1) is 0 Å². The lowest BCUT2D eigenvalue weighted by Gasteiger charge is -1.59. The third-order valence-electron chi connectivity index (χ3n) is 0. The molecule has 0 heterocycles. The van der Waals surface area contributed by atoms with Crippen LogP contribution in [0, 0.1) is 0 Å². The fourth-order valence-corrected chi connectivity index (χ4v) is 0. The van der Waals surface area contributed by atoms with E-state index in [-0.39, 0.29) is 0 Å². The molecule has 0 aliphatic carbocycles. The number of hydrogen-bond donors (Lipinski definition) is 4. The van der Waals surface area contributed by atoms with Crippen LogP contribution in [0.2, 0.25) is 0 Å². The molecule has 0 unspecified atom stereocenters. The average molecular weight is 194 g/mol. The molecule has 9 heteroatoms. The lowest BCUT2D eigenvalue weighted by atomic mass is 11.9. The second-order valence-electron chi connectivity index (χ2n) is 0.461. The monoisotopic (exact) mass is 194 g/mol. The Morgan fingerprint density at radius 1 is 0.800 bits per heavy atom. The maximum Gasteiger partial charge on any atom is 0.299 e. The normalized spacial score (nSPS) is 7.40. The molecule has 0 aliphatic rings. The van der Waals surface area contributed by atoms with Crippen molar-refractivity contribution in [2.24, 2.45) is 0 Å². The van der Waals surface area contributed by atoms with Gasteiger partial charge in [-0.25, -0.2) is 0 Å². The first-order valence-corrected chi connectivity index (χ1v) is 3.48. The third kappa shape index (κ3) is 10000. The first-order chi connectivity index (χ1) is 4.46. The first-order valence-electron chi connectivity index (χ1n) is 1.35. The highest BCUT2D eigenvalue weighted by molar-refractivity contribution is 7.73. The number of rotatable bonds is 0. The van der Waals surface area contributed by atoms with Crippen molar-refractivity contribution in [3.05, 3.63) is 0 Å². The van der Waals surface area contributed by atoms with E-state index in [1.807, 2.05) is 6.79 Å². The summed E-state index contributed by atoms with van der Waals surface area (Å²) >= 11 is -5.22. The number of carbonyl (C=O) groups excluding carboxylic acids is 1. The summed E-state index contributed by atoms with van der Waals surface area (Å²) in [5.41, 5.74) is 0. The van der Waals surface area contributed by atoms with Crippen LogP contribution in [0.3, 0.4) is 0 Å². The van der Waals surface area contributed by atoms with Crippen molar-refractivity contribution in [3.63, 3.8) is 0 Å². The van der Waals surface area contributed by atoms with Crippen LogP contribution >= 0.6 is 0 Å². The van der Waals surface area contributed by atoms with Crippen LogP contribution in [0.1, 0.15) is 0 Å². The minimum Gasteiger partial charge on any atom is -0.307 e. The van der Waals surface area contributed by atoms with Gasteiger partial charge in [0, 0.05) is 0 Å². The molecule has 0 radical (unpaired) electrons. The smallest absolute Gasteiger partial charge is 0.299 e. The lowest BCUT2D eigenvalue weighted by Crippen LogP contribution is -1.74. The summed E-state index contributed by atoms with van der Waals surface area (Å²) in [5.74, 6) is 0. The Morgan fingerprint density at radius 2 is 0.800 bits per heavy atom. The lowest BCUT2D eigenvalue weighted by molar-refractivity contribution is -0.0980. The molecular weight excluding hydrogens is 188 g/mol. The molecule has 7 nitrogen and oxygen atoms in total. The number of carbonyl (C=O) groups is 1. The maximum atomic E-state index is 8.67. The molecule has 0 saturated heterocycles. The zero-order valence-electron chi connectivity index (χ0n) is 4.54. The molecule has 4 N–H and O–H groups in total. The molecule has 0 saturated carbocycles. The quantitative estimate of drug-likeness (QED) is 0.370. The van der Waals surface area contributed by atoms with E-state index in [1.54, 1.807) is 0 Å². The van der Waals surface area contributed by atoms with Crippen LogP contribution in [0.15, 0.2) is 0 Å². The van der Waals surface area contributed by atoms with E-state index in [0.29, 0.717) is 0 Å². The van der Waals surface area contributed by atoms with Crippen molar-refractivity contribution < 1.29 is 31.4 Å². The molecule has 0 aliphatic heterocycles. The summed E-state index contributed by atoms with van der Waals surface area (Å²) < 4.78 is 45.7. The van der Waals surface area contributed by atoms with Crippen molar-refractivity contribution in [3.8, 4) is 0 Å². The van der Waals surface area contributed by atoms with Crippen molar-refractivity contribution in [2.45, 2.75) is 0 Å². The van der Waals surface area contributed by atoms with Gasteiger partial charge in [0.25, 0.3) is 22.7 Å². The highest BCUT2D eigenvalue weighted by Crippen LogP contribution is 1.44. The summed E-state index contributed by atoms with van der Waals surface area (Å²) in [6.07, 6.45) is 0. The van der Waals surface area contributed by atoms with Crippen molar-refractivity contribution in [2.75, 3.05) is 0 Å². The predicted octanol–water partition coefficient (Wildman–Crippen LogP) is -0.823. The van der Waals surface area contributed by atoms with Gasteiger partial charge in [0.1, 0.15) is 6.79 Å². The number of hydrogen-bond acceptors (Lipinski definition) is 3. The van der Waals surface area contributed by atoms with E-state index in [1.165, 1.54) is 0 Å². The Morgan fingerprint density at radius 3 is 0.800 bits per heavy atom. The van der Waals surface area contributed by atoms with E-state index in [0.717, 1.165) is 0 Å². The van der Waals surface area contributed by atoms with Gasteiger partial charge in [0.15, 0.2) is 0 Å². The molecule has 0 spiro atoms. The summed E-state index contributed by atoms with van der Waals surface area (Å²) in [6, 6.07) is 0. The molecule has 0 bridgehead atoms. The van der Waals surface area contributed by atoms with Crippen molar-refractivity contribution in [1.82, 2.24) is 0 Å². The Balaban J connectivity index is -0.0000000787. The third-order valence-corrected chi connectivity index (χ3v) is 0. The van der Waals surface area contributed by atoms with Crippen LogP contribution in [0.4, 0.5) is 0 Å². The first kappa shape index (κ1) is 16.4. The van der Waals surface area contributed by atoms with Gasteiger partial charge in [-0.05, 0) is 0 Å². The summed E-state index contributed by atoms with van der Waals surface area (Å²) in [4.78, 5) is 8.00. The van der Waals surface area contributed by atoms with E-state index < -0.39 is 22.7 Å². The maximum absolute atomic E-state index is 8.67. The van der Waals surface area contributed by atoms with Gasteiger partial charge < -0.3 is 4.79 Å². The van der Waals surface area contributed by atoms with Gasteiger partial charge in [-0.15, -0.1) is 0 Å². The van der Waals surface area contributed by atoms with E-state index in [9.17, 15) is 0 Å². The van der Waals surface area contributed by atoms with Gasteiger partial charge in [-0.1, -0.05) is 0 Å². The molecule has 0 aromatic rings. The Labute approximate surface area is 61.7 Å². The molecule has 0 aromatic heterocycles. The van der Waals surface area contributed by atoms with Gasteiger partial charge in [-0.3, -0.25) is 18.2 Å². The highest BCUT2D eigenvalue weighted by Gasteiger charge is 1.63. The molecule has 0 rings (SSSR count). The van der Waals surface area contributed by atoms with Gasteiger partial charge >= 0.3 is 0 Å². The van der Waals surface area contributed by atoms with Crippen LogP contribution in [-0.4, -0.2) is 33.4 Å². The second kappa shape index (κ2) is 15.9. The van der Waals surface area contributed by atoms with Crippen LogP contribution in [0.25, 0.3) is 0 Å². The Bertz CT molecular complexity index is 79.8. The van der Waals surface area contributed by atoms with Crippen molar-refractivity contribution >= 4 is 29.5 Å². The van der Waals surface area contributed by atoms with Gasteiger partial charge in [0.2, 0.25) is 0 Å². The van der Waals surface area contributed by atoms with E-state index in [4.69, 9.17) is 31.4 Å². The molecule has 0 aromatic carbocycles. The summed E-state index contributed by atoms with van der Waals surface area (Å²) in [7, 11) is 0. The molecular formula is CH6O7S2. The molecule has 0 atom stereocenters. The Kier molecular flexibility index (Phi) is 26.1. The highest BCUT2D eigenvalue weighted by atomic mass is 32.2. The van der Waals surface area contributed by atoms with Gasteiger partial charge in [-0.2, -0.15) is 8.42 Å². The predicted molar refractivity (Wildman–Crippen MR) is 33.9 cm³/mol. The zero-order valence-corrected chi connectivity index (χ0v) is 6.17. The molecule has 64 valence electrons. The molecule has 0 amide bonds. The fraction of sp³-hybridized carbons (Fsp3) is 0. The second-order valence-corrected chi connectivity index (χ2v) is 1.38. The molecule has 10 heavy (non-hydrogen) atoms. The topological polar surface area (TPSA) is 132 Å². The summed E-state index contributed by atoms with van der Waals surface area (Å²) in [6.45, 7) is 2.00.